The Balaban J connectivity index is 2.21. The number of hydrogen-bond acceptors (Lipinski definition) is 2. The first-order valence-corrected chi connectivity index (χ1v) is 11.8. The number of sulfonamides is 1. The van der Waals surface area contributed by atoms with E-state index < -0.39 is 10.0 Å². The van der Waals surface area contributed by atoms with E-state index in [4.69, 9.17) is 23.2 Å². The topological polar surface area (TPSA) is 37.4 Å². The molecular weight excluding hydrogens is 449 g/mol. The smallest absolute Gasteiger partial charge is 0.262 e. The van der Waals surface area contributed by atoms with Crippen molar-refractivity contribution >= 4 is 44.5 Å². The highest BCUT2D eigenvalue weighted by molar-refractivity contribution is 7.92. The maximum atomic E-state index is 13.6. The van der Waals surface area contributed by atoms with Gasteiger partial charge in [0.15, 0.2) is 0 Å². The largest absolute Gasteiger partial charge is 0.264 e. The Morgan fingerprint density at radius 3 is 2.19 bits per heavy atom. The molecule has 0 spiro atoms. The van der Waals surface area contributed by atoms with Gasteiger partial charge in [-0.15, -0.1) is 0 Å². The second-order valence-corrected chi connectivity index (χ2v) is 10.1. The molecule has 160 valence electrons. The van der Waals surface area contributed by atoms with Crippen LogP contribution in [0.5, 0.6) is 0 Å². The SMILES string of the molecule is C=C(C)CN(c1ccc(Cl)cc1C(=C)c1ccccc1Cl)S(=O)(=O)c1ccc(C)cc1. The maximum Gasteiger partial charge on any atom is 0.264 e. The molecule has 0 saturated heterocycles. The molecule has 0 heterocycles. The minimum atomic E-state index is -3.87. The molecule has 0 amide bonds. The predicted molar refractivity (Wildman–Crippen MR) is 132 cm³/mol. The van der Waals surface area contributed by atoms with Gasteiger partial charge in [-0.05, 0) is 55.8 Å². The lowest BCUT2D eigenvalue weighted by Crippen LogP contribution is -2.33. The molecule has 0 aliphatic rings. The van der Waals surface area contributed by atoms with E-state index in [9.17, 15) is 8.42 Å². The third-order valence-electron chi connectivity index (χ3n) is 4.77. The Kier molecular flexibility index (Phi) is 6.95. The second-order valence-electron chi connectivity index (χ2n) is 7.40. The van der Waals surface area contributed by atoms with Gasteiger partial charge in [0, 0.05) is 21.2 Å². The first-order valence-electron chi connectivity index (χ1n) is 9.59. The van der Waals surface area contributed by atoms with E-state index in [0.717, 1.165) is 5.56 Å². The summed E-state index contributed by atoms with van der Waals surface area (Å²) in [5.41, 5.74) is 3.99. The normalized spacial score (nSPS) is 11.2. The molecule has 0 aromatic heterocycles. The van der Waals surface area contributed by atoms with E-state index in [-0.39, 0.29) is 11.4 Å². The highest BCUT2D eigenvalue weighted by Gasteiger charge is 2.28. The van der Waals surface area contributed by atoms with Crippen molar-refractivity contribution in [3.8, 4) is 0 Å². The van der Waals surface area contributed by atoms with Crippen molar-refractivity contribution in [3.63, 3.8) is 0 Å². The lowest BCUT2D eigenvalue weighted by Gasteiger charge is -2.28. The molecule has 0 aliphatic heterocycles. The number of aryl methyl sites for hydroxylation is 1. The van der Waals surface area contributed by atoms with Gasteiger partial charge >= 0.3 is 0 Å². The first-order chi connectivity index (χ1) is 14.6. The Bertz CT molecular complexity index is 1250. The molecule has 3 aromatic rings. The quantitative estimate of drug-likeness (QED) is 0.343. The van der Waals surface area contributed by atoms with Gasteiger partial charge in [0.25, 0.3) is 10.0 Å². The van der Waals surface area contributed by atoms with Gasteiger partial charge in [0.1, 0.15) is 0 Å². The summed E-state index contributed by atoms with van der Waals surface area (Å²) in [5, 5.41) is 0.987. The average Bonchev–Trinajstić information content (AvgIpc) is 2.72. The fraction of sp³-hybridized carbons (Fsp3) is 0.120. The van der Waals surface area contributed by atoms with Crippen LogP contribution >= 0.6 is 23.2 Å². The number of anilines is 1. The van der Waals surface area contributed by atoms with Crippen LogP contribution in [0.4, 0.5) is 5.69 Å². The minimum Gasteiger partial charge on any atom is -0.262 e. The van der Waals surface area contributed by atoms with Crippen molar-refractivity contribution in [1.82, 2.24) is 0 Å². The van der Waals surface area contributed by atoms with Crippen LogP contribution < -0.4 is 4.31 Å². The lowest BCUT2D eigenvalue weighted by molar-refractivity contribution is 0.592. The standard InChI is InChI=1S/C25H23Cl2NO2S/c1-17(2)16-28(31(29,30)21-12-9-18(3)10-13-21)25-14-11-20(26)15-23(25)19(4)22-7-5-6-8-24(22)27/h5-15H,1,4,16H2,2-3H3. The molecule has 0 saturated carbocycles. The van der Waals surface area contributed by atoms with E-state index in [1.807, 2.05) is 25.1 Å². The van der Waals surface area contributed by atoms with Gasteiger partial charge in [-0.2, -0.15) is 0 Å². The molecule has 0 N–H and O–H groups in total. The minimum absolute atomic E-state index is 0.112. The van der Waals surface area contributed by atoms with Gasteiger partial charge in [0.2, 0.25) is 0 Å². The van der Waals surface area contributed by atoms with Crippen molar-refractivity contribution < 1.29 is 8.42 Å². The van der Waals surface area contributed by atoms with E-state index in [0.29, 0.717) is 38.0 Å². The van der Waals surface area contributed by atoms with Crippen LogP contribution in [0.2, 0.25) is 10.0 Å². The molecule has 0 fully saturated rings. The Hall–Kier alpha value is -2.53. The maximum absolute atomic E-state index is 13.6. The molecule has 0 radical (unpaired) electrons. The van der Waals surface area contributed by atoms with Crippen LogP contribution in [0.15, 0.2) is 90.4 Å². The number of nitrogens with zero attached hydrogens (tertiary/aromatic N) is 1. The van der Waals surface area contributed by atoms with Crippen LogP contribution in [0.1, 0.15) is 23.6 Å². The molecular formula is C25H23Cl2NO2S. The molecule has 0 atom stereocenters. The summed E-state index contributed by atoms with van der Waals surface area (Å²) in [4.78, 5) is 0.198. The third kappa shape index (κ3) is 5.04. The van der Waals surface area contributed by atoms with Crippen molar-refractivity contribution in [2.75, 3.05) is 10.8 Å². The molecule has 0 unspecified atom stereocenters. The molecule has 3 rings (SSSR count). The second kappa shape index (κ2) is 9.31. The molecule has 0 aliphatic carbocycles. The van der Waals surface area contributed by atoms with Crippen molar-refractivity contribution in [3.05, 3.63) is 112 Å². The van der Waals surface area contributed by atoms with Crippen molar-refractivity contribution in [2.45, 2.75) is 18.7 Å². The summed E-state index contributed by atoms with van der Waals surface area (Å²) in [5.74, 6) is 0. The molecule has 31 heavy (non-hydrogen) atoms. The van der Waals surface area contributed by atoms with E-state index in [1.54, 1.807) is 55.5 Å². The number of hydrogen-bond donors (Lipinski definition) is 0. The highest BCUT2D eigenvalue weighted by atomic mass is 35.5. The van der Waals surface area contributed by atoms with Gasteiger partial charge in [0.05, 0.1) is 17.1 Å². The van der Waals surface area contributed by atoms with E-state index in [1.165, 1.54) is 4.31 Å². The molecule has 0 bridgehead atoms. The van der Waals surface area contributed by atoms with Gasteiger partial charge < -0.3 is 0 Å². The summed E-state index contributed by atoms with van der Waals surface area (Å²) in [7, 11) is -3.87. The fourth-order valence-electron chi connectivity index (χ4n) is 3.20. The Labute approximate surface area is 194 Å². The van der Waals surface area contributed by atoms with Crippen LogP contribution in [0, 0.1) is 6.92 Å². The lowest BCUT2D eigenvalue weighted by atomic mass is 9.98. The Morgan fingerprint density at radius 2 is 1.58 bits per heavy atom. The highest BCUT2D eigenvalue weighted by Crippen LogP contribution is 2.37. The molecule has 3 aromatic carbocycles. The van der Waals surface area contributed by atoms with Crippen LogP contribution in [0.3, 0.4) is 0 Å². The van der Waals surface area contributed by atoms with E-state index >= 15 is 0 Å². The van der Waals surface area contributed by atoms with Gasteiger partial charge in [-0.25, -0.2) is 8.42 Å². The fourth-order valence-corrected chi connectivity index (χ4v) is 5.17. The molecule has 6 heteroatoms. The van der Waals surface area contributed by atoms with Gasteiger partial charge in [-0.1, -0.05) is 77.8 Å². The molecule has 3 nitrogen and oxygen atoms in total. The number of benzene rings is 3. The zero-order valence-electron chi connectivity index (χ0n) is 17.4. The zero-order chi connectivity index (χ0) is 22.8. The van der Waals surface area contributed by atoms with Gasteiger partial charge in [-0.3, -0.25) is 4.31 Å². The Morgan fingerprint density at radius 1 is 0.935 bits per heavy atom. The monoisotopic (exact) mass is 471 g/mol. The summed E-state index contributed by atoms with van der Waals surface area (Å²) in [6.45, 7) is 11.9. The predicted octanol–water partition coefficient (Wildman–Crippen LogP) is 7.13. The summed E-state index contributed by atoms with van der Waals surface area (Å²) in [6, 6.07) is 19.1. The first kappa shape index (κ1) is 23.1. The van der Waals surface area contributed by atoms with Crippen molar-refractivity contribution in [2.24, 2.45) is 0 Å². The van der Waals surface area contributed by atoms with Crippen LogP contribution in [-0.4, -0.2) is 15.0 Å². The average molecular weight is 472 g/mol. The van der Waals surface area contributed by atoms with E-state index in [2.05, 4.69) is 13.2 Å². The summed E-state index contributed by atoms with van der Waals surface area (Å²) >= 11 is 12.7. The van der Waals surface area contributed by atoms with Crippen LogP contribution in [-0.2, 0) is 10.0 Å². The van der Waals surface area contributed by atoms with Crippen molar-refractivity contribution in [1.29, 1.82) is 0 Å². The third-order valence-corrected chi connectivity index (χ3v) is 7.11. The summed E-state index contributed by atoms with van der Waals surface area (Å²) < 4.78 is 28.6. The number of halogens is 2. The number of rotatable bonds is 7. The zero-order valence-corrected chi connectivity index (χ0v) is 19.7. The summed E-state index contributed by atoms with van der Waals surface area (Å²) in [6.07, 6.45) is 0. The van der Waals surface area contributed by atoms with Crippen LogP contribution in [0.25, 0.3) is 5.57 Å².